The number of ether oxygens (including phenoxy) is 2. The third kappa shape index (κ3) is 5.18. The van der Waals surface area contributed by atoms with Gasteiger partial charge in [0, 0.05) is 43.8 Å². The first-order chi connectivity index (χ1) is 18.5. The van der Waals surface area contributed by atoms with E-state index in [9.17, 15) is 4.79 Å². The van der Waals surface area contributed by atoms with Gasteiger partial charge in [-0.2, -0.15) is 0 Å². The van der Waals surface area contributed by atoms with Gasteiger partial charge in [-0.25, -0.2) is 4.79 Å². The van der Waals surface area contributed by atoms with Crippen molar-refractivity contribution in [3.8, 4) is 5.69 Å². The lowest BCUT2D eigenvalue weighted by atomic mass is 9.96. The van der Waals surface area contributed by atoms with Crippen molar-refractivity contribution in [2.75, 3.05) is 46.5 Å². The largest absolute Gasteiger partial charge is 0.465 e. The number of benzene rings is 1. The van der Waals surface area contributed by atoms with E-state index >= 15 is 0 Å². The van der Waals surface area contributed by atoms with Gasteiger partial charge in [-0.05, 0) is 68.4 Å². The van der Waals surface area contributed by atoms with Crippen LogP contribution in [0, 0.1) is 13.8 Å². The summed E-state index contributed by atoms with van der Waals surface area (Å²) in [5, 5.41) is 4.31. The van der Waals surface area contributed by atoms with Gasteiger partial charge in [0.2, 0.25) is 0 Å². The number of carbonyl (C=O) groups excluding carboxylic acids is 1. The van der Waals surface area contributed by atoms with Gasteiger partial charge in [-0.1, -0.05) is 18.2 Å². The maximum atomic E-state index is 12.6. The van der Waals surface area contributed by atoms with Crippen LogP contribution < -0.4 is 5.32 Å². The van der Waals surface area contributed by atoms with Crippen LogP contribution in [0.5, 0.6) is 0 Å². The number of methoxy groups -OCH3 is 1. The van der Waals surface area contributed by atoms with Crippen molar-refractivity contribution in [2.24, 2.45) is 0 Å². The Morgan fingerprint density at radius 1 is 1.13 bits per heavy atom. The number of pyridine rings is 1. The van der Waals surface area contributed by atoms with Crippen molar-refractivity contribution in [3.63, 3.8) is 0 Å². The Labute approximate surface area is 229 Å². The molecule has 0 saturated carbocycles. The van der Waals surface area contributed by atoms with Crippen LogP contribution in [0.15, 0.2) is 54.7 Å². The Morgan fingerprint density at radius 2 is 1.89 bits per heavy atom. The van der Waals surface area contributed by atoms with Gasteiger partial charge < -0.3 is 24.3 Å². The predicted molar refractivity (Wildman–Crippen MR) is 151 cm³/mol. The highest BCUT2D eigenvalue weighted by Gasteiger charge is 2.41. The van der Waals surface area contributed by atoms with Crippen molar-refractivity contribution in [1.82, 2.24) is 24.7 Å². The Morgan fingerprint density at radius 3 is 2.63 bits per heavy atom. The van der Waals surface area contributed by atoms with Gasteiger partial charge in [0.25, 0.3) is 0 Å². The first kappa shape index (κ1) is 26.3. The molecule has 0 amide bonds. The molecule has 2 saturated heterocycles. The highest BCUT2D eigenvalue weighted by Crippen LogP contribution is 2.41. The number of nitrogens with one attached hydrogen (secondary N) is 1. The second-order valence-electron chi connectivity index (χ2n) is 9.80. The van der Waals surface area contributed by atoms with E-state index in [1.54, 1.807) is 6.07 Å². The molecule has 2 aliphatic heterocycles. The Kier molecular flexibility index (Phi) is 8.06. The van der Waals surface area contributed by atoms with E-state index in [4.69, 9.17) is 21.7 Å². The summed E-state index contributed by atoms with van der Waals surface area (Å²) in [5.41, 5.74) is 5.57. The van der Waals surface area contributed by atoms with E-state index in [-0.39, 0.29) is 18.1 Å². The number of nitrogens with zero attached hydrogens (tertiary/aromatic N) is 4. The average Bonchev–Trinajstić information content (AvgIpc) is 3.43. The molecule has 0 spiro atoms. The molecule has 1 aromatic carbocycles. The number of hydrogen-bond donors (Lipinski definition) is 1. The fraction of sp³-hybridized carbons (Fsp3) is 0.414. The third-order valence-corrected chi connectivity index (χ3v) is 7.87. The number of morpholine rings is 1. The minimum absolute atomic E-state index is 0.0349. The molecule has 2 unspecified atom stereocenters. The van der Waals surface area contributed by atoms with E-state index in [0.717, 1.165) is 79.3 Å². The number of hydrogen-bond acceptors (Lipinski definition) is 6. The Balaban J connectivity index is 1.51. The summed E-state index contributed by atoms with van der Waals surface area (Å²) in [5.74, 6) is -0.352. The zero-order valence-electron chi connectivity index (χ0n) is 22.2. The molecule has 2 aromatic heterocycles. The first-order valence-electron chi connectivity index (χ1n) is 13.1. The van der Waals surface area contributed by atoms with Crippen LogP contribution in [0.3, 0.4) is 0 Å². The molecule has 200 valence electrons. The number of para-hydroxylation sites is 1. The zero-order valence-corrected chi connectivity index (χ0v) is 23.0. The topological polar surface area (TPSA) is 71.9 Å². The van der Waals surface area contributed by atoms with E-state index < -0.39 is 0 Å². The summed E-state index contributed by atoms with van der Waals surface area (Å²) < 4.78 is 12.7. The fourth-order valence-electron chi connectivity index (χ4n) is 5.68. The SMILES string of the molecule is COC(=O)c1ccccc1-n1c(C)cc(C2C(c3ccccn3)NC(=S)N2CCCN2CCOCC2)c1C. The predicted octanol–water partition coefficient (Wildman–Crippen LogP) is 3.97. The van der Waals surface area contributed by atoms with Gasteiger partial charge in [-0.15, -0.1) is 0 Å². The Bertz CT molecular complexity index is 1290. The lowest BCUT2D eigenvalue weighted by molar-refractivity contribution is 0.0365. The number of thiocarbonyl (C=S) groups is 1. The molecule has 0 aliphatic carbocycles. The van der Waals surface area contributed by atoms with Gasteiger partial charge in [-0.3, -0.25) is 9.88 Å². The van der Waals surface area contributed by atoms with Gasteiger partial charge in [0.1, 0.15) is 0 Å². The molecular formula is C29H35N5O3S. The first-order valence-corrected chi connectivity index (χ1v) is 13.5. The normalized spacial score (nSPS) is 20.0. The number of carbonyl (C=O) groups is 1. The lowest BCUT2D eigenvalue weighted by Gasteiger charge is -2.30. The van der Waals surface area contributed by atoms with Gasteiger partial charge in [0.05, 0.1) is 49.4 Å². The molecule has 0 radical (unpaired) electrons. The monoisotopic (exact) mass is 533 g/mol. The minimum Gasteiger partial charge on any atom is -0.465 e. The molecule has 2 fully saturated rings. The summed E-state index contributed by atoms with van der Waals surface area (Å²) in [6.45, 7) is 9.57. The number of aromatic nitrogens is 2. The van der Waals surface area contributed by atoms with Crippen molar-refractivity contribution in [3.05, 3.63) is 82.9 Å². The van der Waals surface area contributed by atoms with E-state index in [1.165, 1.54) is 7.11 Å². The summed E-state index contributed by atoms with van der Waals surface area (Å²) in [6.07, 6.45) is 2.82. The number of esters is 1. The maximum Gasteiger partial charge on any atom is 0.339 e. The van der Waals surface area contributed by atoms with Crippen LogP contribution in [-0.2, 0) is 9.47 Å². The molecule has 9 heteroatoms. The molecule has 38 heavy (non-hydrogen) atoms. The van der Waals surface area contributed by atoms with Crippen LogP contribution in [-0.4, -0.2) is 76.9 Å². The summed E-state index contributed by atoms with van der Waals surface area (Å²) >= 11 is 5.90. The minimum atomic E-state index is -0.352. The molecule has 5 rings (SSSR count). The van der Waals surface area contributed by atoms with Crippen molar-refractivity contribution >= 4 is 23.3 Å². The molecule has 2 aliphatic rings. The van der Waals surface area contributed by atoms with Gasteiger partial charge >= 0.3 is 5.97 Å². The lowest BCUT2D eigenvalue weighted by Crippen LogP contribution is -2.39. The average molecular weight is 534 g/mol. The maximum absolute atomic E-state index is 12.6. The summed E-state index contributed by atoms with van der Waals surface area (Å²) in [7, 11) is 1.41. The van der Waals surface area contributed by atoms with Crippen LogP contribution >= 0.6 is 12.2 Å². The molecule has 1 N–H and O–H groups in total. The standard InChI is InChI=1S/C29H35N5O3S/c1-20-19-23(21(2)34(20)25-11-5-4-9-22(25)28(35)36-3)27-26(24-10-6-7-12-30-24)31-29(38)33(27)14-8-13-32-15-17-37-18-16-32/h4-7,9-12,19,26-27H,8,13-18H2,1-3H3,(H,31,38). The molecule has 0 bridgehead atoms. The van der Waals surface area contributed by atoms with Crippen molar-refractivity contribution in [2.45, 2.75) is 32.4 Å². The second-order valence-corrected chi connectivity index (χ2v) is 10.2. The summed E-state index contributed by atoms with van der Waals surface area (Å²) in [4.78, 5) is 22.0. The number of aryl methyl sites for hydroxylation is 1. The molecule has 4 heterocycles. The highest BCUT2D eigenvalue weighted by molar-refractivity contribution is 7.80. The quantitative estimate of drug-likeness (QED) is 0.345. The van der Waals surface area contributed by atoms with Crippen molar-refractivity contribution in [1.29, 1.82) is 0 Å². The highest BCUT2D eigenvalue weighted by atomic mass is 32.1. The second kappa shape index (κ2) is 11.6. The van der Waals surface area contributed by atoms with Crippen LogP contribution in [0.4, 0.5) is 0 Å². The Hall–Kier alpha value is -3.27. The smallest absolute Gasteiger partial charge is 0.339 e. The van der Waals surface area contributed by atoms with E-state index in [2.05, 4.69) is 50.6 Å². The number of rotatable bonds is 8. The third-order valence-electron chi connectivity index (χ3n) is 7.51. The van der Waals surface area contributed by atoms with Crippen molar-refractivity contribution < 1.29 is 14.3 Å². The fourth-order valence-corrected chi connectivity index (χ4v) is 6.02. The van der Waals surface area contributed by atoms with Gasteiger partial charge in [0.15, 0.2) is 5.11 Å². The molecule has 3 aromatic rings. The van der Waals surface area contributed by atoms with E-state index in [0.29, 0.717) is 5.56 Å². The van der Waals surface area contributed by atoms with Crippen LogP contribution in [0.1, 0.15) is 51.5 Å². The molecule has 2 atom stereocenters. The van der Waals surface area contributed by atoms with Crippen LogP contribution in [0.25, 0.3) is 5.69 Å². The molecule has 8 nitrogen and oxygen atoms in total. The molecular weight excluding hydrogens is 498 g/mol. The van der Waals surface area contributed by atoms with Crippen LogP contribution in [0.2, 0.25) is 0 Å². The summed E-state index contributed by atoms with van der Waals surface area (Å²) in [6, 6.07) is 15.7. The van der Waals surface area contributed by atoms with E-state index in [1.807, 2.05) is 36.5 Å². The zero-order chi connectivity index (χ0) is 26.6.